The third-order valence-corrected chi connectivity index (χ3v) is 11.9. The zero-order valence-corrected chi connectivity index (χ0v) is 32.6. The molecule has 0 radical (unpaired) electrons. The molecule has 0 spiro atoms. The van der Waals surface area contributed by atoms with Gasteiger partial charge in [0.05, 0.1) is 33.5 Å². The number of fused-ring (bicyclic) bond motifs is 7. The molecule has 4 nitrogen and oxygen atoms in total. The van der Waals surface area contributed by atoms with E-state index in [-0.39, 0.29) is 0 Å². The molecule has 0 aliphatic heterocycles. The van der Waals surface area contributed by atoms with Crippen molar-refractivity contribution in [2.24, 2.45) is 0 Å². The lowest BCUT2D eigenvalue weighted by Crippen LogP contribution is -2.01. The van der Waals surface area contributed by atoms with Crippen molar-refractivity contribution in [3.8, 4) is 56.4 Å². The van der Waals surface area contributed by atoms with E-state index in [1.165, 1.54) is 32.5 Å². The molecule has 0 N–H and O–H groups in total. The van der Waals surface area contributed by atoms with Crippen LogP contribution in [0.2, 0.25) is 0 Å². The Bertz CT molecular complexity index is 3360. The van der Waals surface area contributed by atoms with Gasteiger partial charge in [-0.25, -0.2) is 9.97 Å². The van der Waals surface area contributed by atoms with Crippen LogP contribution in [0.25, 0.3) is 111 Å². The standard InChI is InChI=1S/C56H36N4/c1-2-14-37(15-3-1)39-26-29-40(30-27-39)50-36-51(58-56(57-50)42-31-28-38-16-4-5-17-41(38)32-42)43-33-44(59-52-22-10-6-18-46(52)47-19-7-11-23-53(47)59)35-45(34-43)60-54-24-12-8-20-48(54)49-21-9-13-25-55(49)60/h1-36H. The van der Waals surface area contributed by atoms with E-state index in [1.807, 2.05) is 0 Å². The van der Waals surface area contributed by atoms with E-state index in [9.17, 15) is 0 Å². The lowest BCUT2D eigenvalue weighted by Gasteiger charge is -2.16. The fourth-order valence-corrected chi connectivity index (χ4v) is 9.07. The van der Waals surface area contributed by atoms with Crippen LogP contribution in [0, 0.1) is 0 Å². The first kappa shape index (κ1) is 34.0. The first-order chi connectivity index (χ1) is 29.7. The first-order valence-corrected chi connectivity index (χ1v) is 20.4. The largest absolute Gasteiger partial charge is 0.309 e. The number of nitrogens with zero attached hydrogens (tertiary/aromatic N) is 4. The smallest absolute Gasteiger partial charge is 0.160 e. The molecule has 12 rings (SSSR count). The van der Waals surface area contributed by atoms with Crippen LogP contribution in [0.4, 0.5) is 0 Å². The summed E-state index contributed by atoms with van der Waals surface area (Å²) >= 11 is 0. The minimum absolute atomic E-state index is 0.682. The Balaban J connectivity index is 1.14. The second kappa shape index (κ2) is 13.8. The maximum Gasteiger partial charge on any atom is 0.160 e. The molecule has 9 aromatic carbocycles. The number of aromatic nitrogens is 4. The van der Waals surface area contributed by atoms with Crippen molar-refractivity contribution < 1.29 is 0 Å². The normalized spacial score (nSPS) is 11.7. The van der Waals surface area contributed by atoms with Crippen molar-refractivity contribution in [1.29, 1.82) is 0 Å². The van der Waals surface area contributed by atoms with Crippen molar-refractivity contribution in [2.75, 3.05) is 0 Å². The number of hydrogen-bond donors (Lipinski definition) is 0. The molecule has 0 bridgehead atoms. The average molecular weight is 765 g/mol. The van der Waals surface area contributed by atoms with Gasteiger partial charge in [0.15, 0.2) is 5.82 Å². The second-order valence-electron chi connectivity index (χ2n) is 15.4. The molecule has 0 amide bonds. The van der Waals surface area contributed by atoms with Gasteiger partial charge < -0.3 is 9.13 Å². The molecule has 0 fully saturated rings. The predicted molar refractivity (Wildman–Crippen MR) is 250 cm³/mol. The third kappa shape index (κ3) is 5.61. The van der Waals surface area contributed by atoms with Crippen molar-refractivity contribution in [1.82, 2.24) is 19.1 Å². The van der Waals surface area contributed by atoms with E-state index in [1.54, 1.807) is 0 Å². The summed E-state index contributed by atoms with van der Waals surface area (Å²) in [6, 6.07) is 78.1. The SMILES string of the molecule is c1ccc(-c2ccc(-c3cc(-c4cc(-n5c6ccccc6c6ccccc65)cc(-n5c6ccccc6c6ccccc65)c4)nc(-c4ccc5ccccc5c4)n3)cc2)cc1. The van der Waals surface area contributed by atoms with E-state index < -0.39 is 0 Å². The number of hydrogen-bond acceptors (Lipinski definition) is 2. The van der Waals surface area contributed by atoms with Crippen LogP contribution in [0.3, 0.4) is 0 Å². The molecule has 3 aromatic heterocycles. The Hall–Kier alpha value is -8.08. The second-order valence-corrected chi connectivity index (χ2v) is 15.4. The van der Waals surface area contributed by atoms with Gasteiger partial charge in [0.1, 0.15) is 0 Å². The summed E-state index contributed by atoms with van der Waals surface area (Å²) in [5, 5.41) is 7.22. The van der Waals surface area contributed by atoms with Crippen LogP contribution in [0.15, 0.2) is 218 Å². The van der Waals surface area contributed by atoms with Crippen molar-refractivity contribution >= 4 is 54.4 Å². The Labute approximate surface area is 346 Å². The topological polar surface area (TPSA) is 35.6 Å². The molecular formula is C56H36N4. The van der Waals surface area contributed by atoms with Gasteiger partial charge in [-0.15, -0.1) is 0 Å². The molecule has 3 heterocycles. The van der Waals surface area contributed by atoms with Gasteiger partial charge in [-0.1, -0.05) is 164 Å². The van der Waals surface area contributed by atoms with Gasteiger partial charge in [-0.05, 0) is 76.5 Å². The van der Waals surface area contributed by atoms with Gasteiger partial charge in [-0.3, -0.25) is 0 Å². The highest BCUT2D eigenvalue weighted by Crippen LogP contribution is 2.39. The Morgan fingerprint density at radius 1 is 0.267 bits per heavy atom. The highest BCUT2D eigenvalue weighted by molar-refractivity contribution is 6.10. The summed E-state index contributed by atoms with van der Waals surface area (Å²) in [5.41, 5.74) is 13.8. The van der Waals surface area contributed by atoms with E-state index >= 15 is 0 Å². The van der Waals surface area contributed by atoms with Crippen LogP contribution >= 0.6 is 0 Å². The summed E-state index contributed by atoms with van der Waals surface area (Å²) in [4.78, 5) is 10.7. The molecule has 0 aliphatic carbocycles. The molecule has 280 valence electrons. The van der Waals surface area contributed by atoms with Crippen LogP contribution in [-0.2, 0) is 0 Å². The predicted octanol–water partition coefficient (Wildman–Crippen LogP) is 14.5. The van der Waals surface area contributed by atoms with Crippen LogP contribution in [0.5, 0.6) is 0 Å². The van der Waals surface area contributed by atoms with Crippen LogP contribution in [-0.4, -0.2) is 19.1 Å². The maximum absolute atomic E-state index is 5.44. The Morgan fingerprint density at radius 2 is 0.683 bits per heavy atom. The molecule has 0 saturated carbocycles. The number of rotatable bonds is 6. The fraction of sp³-hybridized carbons (Fsp3) is 0. The molecule has 4 heteroatoms. The van der Waals surface area contributed by atoms with Crippen molar-refractivity contribution in [3.05, 3.63) is 218 Å². The van der Waals surface area contributed by atoms with E-state index in [0.29, 0.717) is 5.82 Å². The van der Waals surface area contributed by atoms with Crippen LogP contribution in [0.1, 0.15) is 0 Å². The lowest BCUT2D eigenvalue weighted by atomic mass is 10.0. The van der Waals surface area contributed by atoms with Gasteiger partial charge in [0.25, 0.3) is 0 Å². The molecule has 0 saturated heterocycles. The highest BCUT2D eigenvalue weighted by Gasteiger charge is 2.19. The first-order valence-electron chi connectivity index (χ1n) is 20.4. The minimum atomic E-state index is 0.682. The zero-order valence-electron chi connectivity index (χ0n) is 32.6. The number of benzene rings is 9. The van der Waals surface area contributed by atoms with E-state index in [0.717, 1.165) is 72.5 Å². The van der Waals surface area contributed by atoms with Gasteiger partial charge in [-0.2, -0.15) is 0 Å². The van der Waals surface area contributed by atoms with E-state index in [2.05, 4.69) is 228 Å². The Kier molecular flexibility index (Phi) is 7.82. The molecule has 12 aromatic rings. The van der Waals surface area contributed by atoms with E-state index in [4.69, 9.17) is 9.97 Å². The summed E-state index contributed by atoms with van der Waals surface area (Å²) in [6.45, 7) is 0. The van der Waals surface area contributed by atoms with Crippen LogP contribution < -0.4 is 0 Å². The third-order valence-electron chi connectivity index (χ3n) is 11.9. The lowest BCUT2D eigenvalue weighted by molar-refractivity contribution is 1.13. The molecule has 0 atom stereocenters. The average Bonchev–Trinajstić information content (AvgIpc) is 3.85. The number of para-hydroxylation sites is 4. The summed E-state index contributed by atoms with van der Waals surface area (Å²) in [5.74, 6) is 0.682. The zero-order chi connectivity index (χ0) is 39.6. The summed E-state index contributed by atoms with van der Waals surface area (Å²) in [7, 11) is 0. The summed E-state index contributed by atoms with van der Waals surface area (Å²) in [6.07, 6.45) is 0. The minimum Gasteiger partial charge on any atom is -0.309 e. The maximum atomic E-state index is 5.44. The van der Waals surface area contributed by atoms with Crippen molar-refractivity contribution in [3.63, 3.8) is 0 Å². The monoisotopic (exact) mass is 764 g/mol. The van der Waals surface area contributed by atoms with Crippen molar-refractivity contribution in [2.45, 2.75) is 0 Å². The molecular weight excluding hydrogens is 729 g/mol. The quantitative estimate of drug-likeness (QED) is 0.169. The van der Waals surface area contributed by atoms with Gasteiger partial charge in [0, 0.05) is 49.6 Å². The molecule has 60 heavy (non-hydrogen) atoms. The molecule has 0 unspecified atom stereocenters. The highest BCUT2D eigenvalue weighted by atomic mass is 15.0. The van der Waals surface area contributed by atoms with Gasteiger partial charge in [0.2, 0.25) is 0 Å². The Morgan fingerprint density at radius 3 is 1.23 bits per heavy atom. The van der Waals surface area contributed by atoms with Gasteiger partial charge >= 0.3 is 0 Å². The fourth-order valence-electron chi connectivity index (χ4n) is 9.07. The summed E-state index contributed by atoms with van der Waals surface area (Å²) < 4.78 is 4.81. The molecule has 0 aliphatic rings.